The summed E-state index contributed by atoms with van der Waals surface area (Å²) in [6.45, 7) is 0. The number of amides is 1. The molecule has 4 rings (SSSR count). The van der Waals surface area contributed by atoms with E-state index in [0.717, 1.165) is 72.3 Å². The highest BCUT2D eigenvalue weighted by molar-refractivity contribution is 5.90. The topological polar surface area (TPSA) is 88.6 Å². The van der Waals surface area contributed by atoms with E-state index in [1.807, 2.05) is 55.4 Å². The van der Waals surface area contributed by atoms with Gasteiger partial charge in [0.15, 0.2) is 11.5 Å². The van der Waals surface area contributed by atoms with Crippen molar-refractivity contribution >= 4 is 28.6 Å². The molecule has 1 heterocycles. The van der Waals surface area contributed by atoms with Crippen LogP contribution in [0.25, 0.3) is 10.9 Å². The molecule has 0 atom stereocenters. The molecule has 3 aromatic rings. The molecule has 0 bridgehead atoms. The molecule has 1 aliphatic carbocycles. The summed E-state index contributed by atoms with van der Waals surface area (Å²) in [5.74, 6) is 3.14. The van der Waals surface area contributed by atoms with Gasteiger partial charge in [-0.25, -0.2) is 4.98 Å². The molecular formula is C28H37N5O3. The summed E-state index contributed by atoms with van der Waals surface area (Å²) >= 11 is 0. The fourth-order valence-electron chi connectivity index (χ4n) is 4.82. The number of rotatable bonds is 10. The van der Waals surface area contributed by atoms with Crippen molar-refractivity contribution < 1.29 is 14.3 Å². The van der Waals surface area contributed by atoms with Crippen LogP contribution in [0.15, 0.2) is 42.5 Å². The Kier molecular flexibility index (Phi) is 8.46. The lowest BCUT2D eigenvalue weighted by atomic mass is 9.91. The summed E-state index contributed by atoms with van der Waals surface area (Å²) < 4.78 is 10.7. The highest BCUT2D eigenvalue weighted by Crippen LogP contribution is 2.29. The number of ether oxygens (including phenoxy) is 2. The van der Waals surface area contributed by atoms with Gasteiger partial charge in [-0.05, 0) is 68.4 Å². The van der Waals surface area contributed by atoms with Crippen molar-refractivity contribution in [2.24, 2.45) is 0 Å². The second-order valence-electron chi connectivity index (χ2n) is 9.59. The van der Waals surface area contributed by atoms with Crippen LogP contribution in [0.2, 0.25) is 0 Å². The summed E-state index contributed by atoms with van der Waals surface area (Å²) in [6, 6.07) is 14.5. The quantitative estimate of drug-likeness (QED) is 0.429. The first-order chi connectivity index (χ1) is 17.5. The van der Waals surface area contributed by atoms with Gasteiger partial charge < -0.3 is 25.0 Å². The van der Waals surface area contributed by atoms with Gasteiger partial charge in [-0.3, -0.25) is 4.79 Å². The van der Waals surface area contributed by atoms with E-state index in [-0.39, 0.29) is 11.9 Å². The van der Waals surface area contributed by atoms with Crippen molar-refractivity contribution in [3.63, 3.8) is 0 Å². The normalized spacial score (nSPS) is 17.4. The third-order valence-corrected chi connectivity index (χ3v) is 6.75. The van der Waals surface area contributed by atoms with E-state index in [9.17, 15) is 4.79 Å². The van der Waals surface area contributed by atoms with Gasteiger partial charge in [0.05, 0.1) is 19.7 Å². The molecule has 0 radical (unpaired) electrons. The summed E-state index contributed by atoms with van der Waals surface area (Å²) in [6.07, 6.45) is 6.00. The summed E-state index contributed by atoms with van der Waals surface area (Å²) in [5.41, 5.74) is 2.08. The Morgan fingerprint density at radius 1 is 0.972 bits per heavy atom. The lowest BCUT2D eigenvalue weighted by Gasteiger charge is -2.30. The maximum absolute atomic E-state index is 12.5. The number of aromatic nitrogens is 2. The maximum Gasteiger partial charge on any atom is 0.225 e. The van der Waals surface area contributed by atoms with Crippen LogP contribution in [0.5, 0.6) is 11.5 Å². The Morgan fingerprint density at radius 3 is 2.42 bits per heavy atom. The van der Waals surface area contributed by atoms with Crippen LogP contribution in [0.1, 0.15) is 44.1 Å². The monoisotopic (exact) mass is 491 g/mol. The molecule has 1 fully saturated rings. The predicted molar refractivity (Wildman–Crippen MR) is 144 cm³/mol. The smallest absolute Gasteiger partial charge is 0.225 e. The van der Waals surface area contributed by atoms with Crippen molar-refractivity contribution in [2.75, 3.05) is 38.5 Å². The average molecular weight is 492 g/mol. The maximum atomic E-state index is 12.5. The largest absolute Gasteiger partial charge is 0.493 e. The number of fused-ring (bicyclic) bond motifs is 1. The molecule has 2 aromatic carbocycles. The molecule has 36 heavy (non-hydrogen) atoms. The second kappa shape index (κ2) is 11.9. The zero-order valence-corrected chi connectivity index (χ0v) is 21.7. The van der Waals surface area contributed by atoms with Crippen LogP contribution in [0.4, 0.5) is 11.8 Å². The molecule has 1 aromatic heterocycles. The van der Waals surface area contributed by atoms with Gasteiger partial charge in [0, 0.05) is 38.0 Å². The Morgan fingerprint density at radius 2 is 1.69 bits per heavy atom. The van der Waals surface area contributed by atoms with Crippen LogP contribution < -0.4 is 25.0 Å². The lowest BCUT2D eigenvalue weighted by Crippen LogP contribution is -2.40. The zero-order valence-electron chi connectivity index (χ0n) is 21.7. The number of hydrogen-bond donors (Lipinski definition) is 2. The van der Waals surface area contributed by atoms with E-state index in [0.29, 0.717) is 18.4 Å². The summed E-state index contributed by atoms with van der Waals surface area (Å²) in [7, 11) is 7.26. The van der Waals surface area contributed by atoms with E-state index in [1.54, 1.807) is 14.2 Å². The highest BCUT2D eigenvalue weighted by Gasteiger charge is 2.23. The van der Waals surface area contributed by atoms with Crippen LogP contribution in [-0.2, 0) is 11.2 Å². The van der Waals surface area contributed by atoms with Gasteiger partial charge in [0.1, 0.15) is 5.82 Å². The third kappa shape index (κ3) is 6.36. The third-order valence-electron chi connectivity index (χ3n) is 6.75. The average Bonchev–Trinajstić information content (AvgIpc) is 2.89. The minimum absolute atomic E-state index is 0.125. The van der Waals surface area contributed by atoms with Crippen molar-refractivity contribution in [3.8, 4) is 11.5 Å². The van der Waals surface area contributed by atoms with Crippen molar-refractivity contribution in [2.45, 2.75) is 57.0 Å². The van der Waals surface area contributed by atoms with Crippen LogP contribution in [0.3, 0.4) is 0 Å². The van der Waals surface area contributed by atoms with E-state index in [1.165, 1.54) is 0 Å². The van der Waals surface area contributed by atoms with E-state index < -0.39 is 0 Å². The van der Waals surface area contributed by atoms with Crippen LogP contribution >= 0.6 is 0 Å². The Hall–Kier alpha value is -3.55. The van der Waals surface area contributed by atoms with Gasteiger partial charge in [0.25, 0.3) is 0 Å². The van der Waals surface area contributed by atoms with Crippen molar-refractivity contribution in [1.82, 2.24) is 15.3 Å². The number of aryl methyl sites for hydroxylation is 1. The van der Waals surface area contributed by atoms with E-state index in [2.05, 4.69) is 16.7 Å². The number of hydrogen-bond acceptors (Lipinski definition) is 7. The number of anilines is 2. The molecule has 1 aliphatic rings. The van der Waals surface area contributed by atoms with E-state index >= 15 is 0 Å². The van der Waals surface area contributed by atoms with Gasteiger partial charge in [-0.2, -0.15) is 4.98 Å². The Balaban J connectivity index is 1.22. The van der Waals surface area contributed by atoms with Crippen molar-refractivity contribution in [3.05, 3.63) is 48.0 Å². The number of benzene rings is 2. The summed E-state index contributed by atoms with van der Waals surface area (Å²) in [5, 5.41) is 7.81. The molecule has 192 valence electrons. The minimum atomic E-state index is 0.125. The van der Waals surface area contributed by atoms with Gasteiger partial charge in [-0.1, -0.05) is 18.2 Å². The molecule has 1 amide bonds. The molecule has 1 saturated carbocycles. The highest BCUT2D eigenvalue weighted by atomic mass is 16.5. The molecule has 8 nitrogen and oxygen atoms in total. The first kappa shape index (κ1) is 25.5. The number of nitrogens with one attached hydrogen (secondary N) is 2. The van der Waals surface area contributed by atoms with Gasteiger partial charge in [-0.15, -0.1) is 0 Å². The van der Waals surface area contributed by atoms with Gasteiger partial charge >= 0.3 is 0 Å². The molecular weight excluding hydrogens is 454 g/mol. The number of methoxy groups -OCH3 is 2. The molecule has 0 aliphatic heterocycles. The minimum Gasteiger partial charge on any atom is -0.493 e. The fraction of sp³-hybridized carbons (Fsp3) is 0.464. The standard InChI is InChI=1S/C28H37N5O3/c1-33(2)27-22-9-5-6-10-23(22)31-28(32-27)30-21-15-13-20(14-16-21)29-26(34)11-7-8-19-12-17-24(35-3)25(18-19)36-4/h5-6,9-10,12,17-18,20-21H,7-8,11,13-16H2,1-4H3,(H,29,34)(H,30,31,32)/t20-,21+. The van der Waals surface area contributed by atoms with Crippen molar-refractivity contribution in [1.29, 1.82) is 0 Å². The lowest BCUT2D eigenvalue weighted by molar-refractivity contribution is -0.122. The summed E-state index contributed by atoms with van der Waals surface area (Å²) in [4.78, 5) is 24.0. The fourth-order valence-corrected chi connectivity index (χ4v) is 4.82. The Bertz CT molecular complexity index is 1180. The molecule has 2 N–H and O–H groups in total. The molecule has 0 unspecified atom stereocenters. The van der Waals surface area contributed by atoms with Crippen LogP contribution in [0, 0.1) is 0 Å². The predicted octanol–water partition coefficient (Wildman–Crippen LogP) is 4.58. The molecule has 8 heteroatoms. The first-order valence-electron chi connectivity index (χ1n) is 12.7. The van der Waals surface area contributed by atoms with E-state index in [4.69, 9.17) is 19.4 Å². The number of nitrogens with zero attached hydrogens (tertiary/aromatic N) is 3. The number of carbonyl (C=O) groups excluding carboxylic acids is 1. The number of carbonyl (C=O) groups is 1. The second-order valence-corrected chi connectivity index (χ2v) is 9.59. The SMILES string of the molecule is COc1ccc(CCCC(=O)N[C@H]2CC[C@@H](Nc3nc(N(C)C)c4ccccc4n3)CC2)cc1OC. The van der Waals surface area contributed by atoms with Gasteiger partial charge in [0.2, 0.25) is 11.9 Å². The van der Waals surface area contributed by atoms with Crippen LogP contribution in [-0.4, -0.2) is 56.3 Å². The molecule has 0 saturated heterocycles. The molecule has 0 spiro atoms. The Labute approximate surface area is 213 Å². The number of para-hydroxylation sites is 1. The zero-order chi connectivity index (χ0) is 25.5. The first-order valence-corrected chi connectivity index (χ1v) is 12.7.